The summed E-state index contributed by atoms with van der Waals surface area (Å²) in [5, 5.41) is 8.94. The van der Waals surface area contributed by atoms with Crippen molar-refractivity contribution < 1.29 is 9.90 Å². The normalized spacial score (nSPS) is 17.9. The van der Waals surface area contributed by atoms with Crippen LogP contribution in [0.2, 0.25) is 0 Å². The van der Waals surface area contributed by atoms with E-state index in [0.29, 0.717) is 0 Å². The van der Waals surface area contributed by atoms with E-state index in [1.807, 2.05) is 0 Å². The van der Waals surface area contributed by atoms with Crippen LogP contribution in [0.4, 0.5) is 0 Å². The van der Waals surface area contributed by atoms with Gasteiger partial charge in [-0.25, -0.2) is 0 Å². The van der Waals surface area contributed by atoms with Crippen molar-refractivity contribution in [1.82, 2.24) is 4.90 Å². The van der Waals surface area contributed by atoms with E-state index in [-0.39, 0.29) is 5.92 Å². The fourth-order valence-corrected chi connectivity index (χ4v) is 2.38. The van der Waals surface area contributed by atoms with E-state index < -0.39 is 5.97 Å². The molecule has 0 aromatic heterocycles. The largest absolute Gasteiger partial charge is 0.481 e. The first-order valence-electron chi connectivity index (χ1n) is 6.83. The minimum Gasteiger partial charge on any atom is -0.481 e. The van der Waals surface area contributed by atoms with Crippen molar-refractivity contribution in [3.63, 3.8) is 0 Å². The minimum atomic E-state index is -0.644. The molecule has 1 saturated heterocycles. The standard InChI is InChI=1S/C16H21NO2/c1-13-4-6-14(7-5-13)3-2-10-17-11-8-15(9-12-17)16(18)19/h2-7,15H,8-12H2,1H3,(H,18,19). The molecule has 0 radical (unpaired) electrons. The highest BCUT2D eigenvalue weighted by Gasteiger charge is 2.23. The average Bonchev–Trinajstić information content (AvgIpc) is 2.41. The van der Waals surface area contributed by atoms with Crippen molar-refractivity contribution in [3.8, 4) is 0 Å². The molecule has 1 heterocycles. The Bertz CT molecular complexity index is 442. The third-order valence-corrected chi connectivity index (χ3v) is 3.69. The van der Waals surface area contributed by atoms with Gasteiger partial charge in [-0.2, -0.15) is 0 Å². The fourth-order valence-electron chi connectivity index (χ4n) is 2.38. The second-order valence-corrected chi connectivity index (χ2v) is 5.23. The molecule has 0 saturated carbocycles. The second-order valence-electron chi connectivity index (χ2n) is 5.23. The first-order valence-corrected chi connectivity index (χ1v) is 6.83. The molecule has 3 heteroatoms. The van der Waals surface area contributed by atoms with Gasteiger partial charge in [0.15, 0.2) is 0 Å². The first-order chi connectivity index (χ1) is 9.15. The van der Waals surface area contributed by atoms with Gasteiger partial charge in [-0.05, 0) is 38.4 Å². The van der Waals surface area contributed by atoms with Gasteiger partial charge in [0.25, 0.3) is 0 Å². The van der Waals surface area contributed by atoms with E-state index in [9.17, 15) is 4.79 Å². The number of carbonyl (C=O) groups is 1. The first kappa shape index (κ1) is 13.8. The van der Waals surface area contributed by atoms with Crippen LogP contribution in [-0.2, 0) is 4.79 Å². The Morgan fingerprint density at radius 2 is 1.95 bits per heavy atom. The third kappa shape index (κ3) is 4.21. The molecule has 102 valence electrons. The Balaban J connectivity index is 1.77. The zero-order valence-corrected chi connectivity index (χ0v) is 11.4. The van der Waals surface area contributed by atoms with Crippen LogP contribution in [-0.4, -0.2) is 35.6 Å². The Morgan fingerprint density at radius 3 is 2.53 bits per heavy atom. The molecule has 3 nitrogen and oxygen atoms in total. The number of nitrogens with zero attached hydrogens (tertiary/aromatic N) is 1. The highest BCUT2D eigenvalue weighted by molar-refractivity contribution is 5.70. The molecule has 0 bridgehead atoms. The number of hydrogen-bond donors (Lipinski definition) is 1. The molecule has 0 spiro atoms. The Labute approximate surface area is 114 Å². The highest BCUT2D eigenvalue weighted by atomic mass is 16.4. The van der Waals surface area contributed by atoms with E-state index >= 15 is 0 Å². The van der Waals surface area contributed by atoms with Crippen molar-refractivity contribution in [2.45, 2.75) is 19.8 Å². The van der Waals surface area contributed by atoms with Crippen LogP contribution in [0.25, 0.3) is 6.08 Å². The molecule has 0 atom stereocenters. The summed E-state index contributed by atoms with van der Waals surface area (Å²) < 4.78 is 0. The van der Waals surface area contributed by atoms with E-state index in [2.05, 4.69) is 48.2 Å². The maximum atomic E-state index is 10.9. The van der Waals surface area contributed by atoms with Crippen LogP contribution in [0.3, 0.4) is 0 Å². The molecule has 0 amide bonds. The van der Waals surface area contributed by atoms with Gasteiger partial charge in [0.1, 0.15) is 0 Å². The molecule has 1 aromatic rings. The number of aryl methyl sites for hydroxylation is 1. The molecule has 19 heavy (non-hydrogen) atoms. The molecule has 1 fully saturated rings. The third-order valence-electron chi connectivity index (χ3n) is 3.69. The number of benzene rings is 1. The molecular formula is C16H21NO2. The van der Waals surface area contributed by atoms with Crippen molar-refractivity contribution in [2.75, 3.05) is 19.6 Å². The number of aliphatic carboxylic acids is 1. The molecule has 0 aliphatic carbocycles. The van der Waals surface area contributed by atoms with Crippen LogP contribution in [0.1, 0.15) is 24.0 Å². The molecule has 1 aliphatic heterocycles. The molecule has 1 aromatic carbocycles. The summed E-state index contributed by atoms with van der Waals surface area (Å²) in [5.74, 6) is -0.785. The number of hydrogen-bond acceptors (Lipinski definition) is 2. The van der Waals surface area contributed by atoms with Gasteiger partial charge in [0.2, 0.25) is 0 Å². The van der Waals surface area contributed by atoms with Gasteiger partial charge in [-0.1, -0.05) is 42.0 Å². The van der Waals surface area contributed by atoms with Gasteiger partial charge in [0.05, 0.1) is 5.92 Å². The van der Waals surface area contributed by atoms with Crippen LogP contribution in [0, 0.1) is 12.8 Å². The smallest absolute Gasteiger partial charge is 0.306 e. The summed E-state index contributed by atoms with van der Waals surface area (Å²) in [6.07, 6.45) is 5.83. The lowest BCUT2D eigenvalue weighted by Crippen LogP contribution is -2.36. The number of rotatable bonds is 4. The topological polar surface area (TPSA) is 40.5 Å². The summed E-state index contributed by atoms with van der Waals surface area (Å²) in [5.41, 5.74) is 2.49. The quantitative estimate of drug-likeness (QED) is 0.904. The second kappa shape index (κ2) is 6.53. The van der Waals surface area contributed by atoms with Gasteiger partial charge in [-0.3, -0.25) is 9.69 Å². The maximum Gasteiger partial charge on any atom is 0.306 e. The summed E-state index contributed by atoms with van der Waals surface area (Å²) in [6, 6.07) is 8.45. The maximum absolute atomic E-state index is 10.9. The van der Waals surface area contributed by atoms with Crippen LogP contribution in [0.15, 0.2) is 30.3 Å². The van der Waals surface area contributed by atoms with Crippen molar-refractivity contribution in [3.05, 3.63) is 41.5 Å². The molecule has 0 unspecified atom stereocenters. The van der Waals surface area contributed by atoms with Crippen molar-refractivity contribution >= 4 is 12.0 Å². The summed E-state index contributed by atoms with van der Waals surface area (Å²) in [6.45, 7) is 4.75. The average molecular weight is 259 g/mol. The highest BCUT2D eigenvalue weighted by Crippen LogP contribution is 2.17. The van der Waals surface area contributed by atoms with Gasteiger partial charge < -0.3 is 5.11 Å². The predicted octanol–water partition coefficient (Wildman–Crippen LogP) is 2.80. The zero-order chi connectivity index (χ0) is 13.7. The van der Waals surface area contributed by atoms with E-state index in [1.165, 1.54) is 11.1 Å². The Morgan fingerprint density at radius 1 is 1.32 bits per heavy atom. The SMILES string of the molecule is Cc1ccc(C=CCN2CCC(C(=O)O)CC2)cc1. The summed E-state index contributed by atoms with van der Waals surface area (Å²) in [4.78, 5) is 13.2. The van der Waals surface area contributed by atoms with Gasteiger partial charge in [0, 0.05) is 6.54 Å². The van der Waals surface area contributed by atoms with E-state index in [4.69, 9.17) is 5.11 Å². The lowest BCUT2D eigenvalue weighted by Gasteiger charge is -2.28. The van der Waals surface area contributed by atoms with E-state index in [0.717, 1.165) is 32.5 Å². The van der Waals surface area contributed by atoms with E-state index in [1.54, 1.807) is 0 Å². The van der Waals surface area contributed by atoms with Crippen molar-refractivity contribution in [2.24, 2.45) is 5.92 Å². The minimum absolute atomic E-state index is 0.141. The molecule has 2 rings (SSSR count). The summed E-state index contributed by atoms with van der Waals surface area (Å²) >= 11 is 0. The zero-order valence-electron chi connectivity index (χ0n) is 11.4. The number of likely N-dealkylation sites (tertiary alicyclic amines) is 1. The molecular weight excluding hydrogens is 238 g/mol. The van der Waals surface area contributed by atoms with Gasteiger partial charge in [-0.15, -0.1) is 0 Å². The number of piperidine rings is 1. The monoisotopic (exact) mass is 259 g/mol. The Kier molecular flexibility index (Phi) is 4.74. The lowest BCUT2D eigenvalue weighted by molar-refractivity contribution is -0.143. The summed E-state index contributed by atoms with van der Waals surface area (Å²) in [7, 11) is 0. The van der Waals surface area contributed by atoms with Crippen LogP contribution >= 0.6 is 0 Å². The van der Waals surface area contributed by atoms with Gasteiger partial charge >= 0.3 is 5.97 Å². The molecule has 1 N–H and O–H groups in total. The fraction of sp³-hybridized carbons (Fsp3) is 0.438. The molecule has 1 aliphatic rings. The van der Waals surface area contributed by atoms with Crippen LogP contribution in [0.5, 0.6) is 0 Å². The lowest BCUT2D eigenvalue weighted by atomic mass is 9.97. The number of carboxylic acid groups (broad SMARTS) is 1. The Hall–Kier alpha value is -1.61. The predicted molar refractivity (Wildman–Crippen MR) is 77.0 cm³/mol. The van der Waals surface area contributed by atoms with Crippen LogP contribution < -0.4 is 0 Å². The van der Waals surface area contributed by atoms with Crippen molar-refractivity contribution in [1.29, 1.82) is 0 Å². The number of carboxylic acids is 1.